The molecule has 46 heavy (non-hydrogen) atoms. The van der Waals surface area contributed by atoms with Gasteiger partial charge in [0.05, 0.1) is 21.8 Å². The highest BCUT2D eigenvalue weighted by atomic mass is 32.2. The molecule has 2 aromatic rings. The molecule has 3 heterocycles. The highest BCUT2D eigenvalue weighted by Crippen LogP contribution is 2.57. The zero-order valence-electron chi connectivity index (χ0n) is 23.0. The lowest BCUT2D eigenvalue weighted by atomic mass is 9.59. The second kappa shape index (κ2) is 9.90. The molecule has 0 spiro atoms. The molecule has 8 rings (SSSR count). The smallest absolute Gasteiger partial charge is 0.438 e. The average molecular weight is 676 g/mol. The molecule has 4 bridgehead atoms. The van der Waals surface area contributed by atoms with Crippen LogP contribution in [0.15, 0.2) is 48.5 Å². The van der Waals surface area contributed by atoms with E-state index in [1.165, 1.54) is 0 Å². The molecule has 3 saturated heterocycles. The van der Waals surface area contributed by atoms with Crippen molar-refractivity contribution < 1.29 is 72.6 Å². The molecule has 7 atom stereocenters. The van der Waals surface area contributed by atoms with Gasteiger partial charge in [-0.05, 0) is 28.7 Å². The van der Waals surface area contributed by atoms with Crippen LogP contribution in [-0.4, -0.2) is 79.0 Å². The van der Waals surface area contributed by atoms with Gasteiger partial charge in [0.25, 0.3) is 0 Å². The molecule has 6 aliphatic rings. The van der Waals surface area contributed by atoms with Crippen LogP contribution in [0.3, 0.4) is 0 Å². The second-order valence-corrected chi connectivity index (χ2v) is 13.4. The van der Waals surface area contributed by atoms with Gasteiger partial charge >= 0.3 is 35.9 Å². The van der Waals surface area contributed by atoms with E-state index in [1.54, 1.807) is 0 Å². The molecule has 3 aliphatic heterocycles. The summed E-state index contributed by atoms with van der Waals surface area (Å²) in [4.78, 5) is 39.6. The van der Waals surface area contributed by atoms with Gasteiger partial charge in [0.1, 0.15) is 24.0 Å². The Morgan fingerprint density at radius 1 is 0.848 bits per heavy atom. The largest absolute Gasteiger partial charge is 0.748 e. The molecule has 7 unspecified atom stereocenters. The topological polar surface area (TPSA) is 145 Å². The van der Waals surface area contributed by atoms with Crippen molar-refractivity contribution in [2.75, 3.05) is 5.75 Å². The van der Waals surface area contributed by atoms with Gasteiger partial charge in [0, 0.05) is 11.8 Å². The first-order chi connectivity index (χ1) is 21.4. The number of ether oxygens (including phenoxy) is 4. The zero-order valence-corrected chi connectivity index (χ0v) is 23.8. The van der Waals surface area contributed by atoms with Crippen LogP contribution in [0.4, 0.5) is 26.3 Å². The number of carbonyl (C=O) groups excluding carboxylic acids is 3. The van der Waals surface area contributed by atoms with Crippen LogP contribution in [0.5, 0.6) is 0 Å². The Bertz CT molecular complexity index is 1700. The van der Waals surface area contributed by atoms with Gasteiger partial charge in [-0.1, -0.05) is 48.5 Å². The van der Waals surface area contributed by atoms with Gasteiger partial charge in [-0.2, -0.15) is 26.3 Å². The van der Waals surface area contributed by atoms with Gasteiger partial charge in [-0.25, -0.2) is 8.42 Å². The van der Waals surface area contributed by atoms with E-state index in [1.807, 2.05) is 48.5 Å². The number of alkyl halides is 6. The maximum Gasteiger partial charge on any atom is 0.438 e. The van der Waals surface area contributed by atoms with E-state index in [4.69, 9.17) is 14.2 Å². The third-order valence-corrected chi connectivity index (χ3v) is 10.4. The number of hydrogen-bond donors (Lipinski definition) is 0. The maximum atomic E-state index is 13.8. The van der Waals surface area contributed by atoms with Crippen LogP contribution in [0.1, 0.15) is 40.5 Å². The molecular weight excluding hydrogens is 654 g/mol. The summed E-state index contributed by atoms with van der Waals surface area (Å²) >= 11 is 0. The molecule has 3 aliphatic carbocycles. The van der Waals surface area contributed by atoms with Crippen molar-refractivity contribution >= 4 is 28.0 Å². The van der Waals surface area contributed by atoms with E-state index >= 15 is 0 Å². The molecule has 0 aromatic heterocycles. The molecule has 0 radical (unpaired) electrons. The van der Waals surface area contributed by atoms with E-state index in [-0.39, 0.29) is 5.92 Å². The third-order valence-electron chi connectivity index (χ3n) is 9.61. The molecule has 10 nitrogen and oxygen atoms in total. The minimum atomic E-state index is -6.62. The Labute approximate surface area is 255 Å². The van der Waals surface area contributed by atoms with Gasteiger partial charge < -0.3 is 23.5 Å². The molecule has 246 valence electrons. The molecule has 0 saturated carbocycles. The van der Waals surface area contributed by atoms with Gasteiger partial charge in [0.2, 0.25) is 0 Å². The summed E-state index contributed by atoms with van der Waals surface area (Å²) in [6.07, 6.45) is -19.0. The summed E-state index contributed by atoms with van der Waals surface area (Å²) < 4.78 is 137. The third kappa shape index (κ3) is 4.37. The number of benzene rings is 2. The SMILES string of the molecule is O=C(OC1C2OC(=O)C3C2OC1C3C(=O)OC(CS(=O)(=O)[O-])(C(F)(F)F)C(F)(F)F)C1CC2c3ccccc3C1c1ccccc12. The van der Waals surface area contributed by atoms with E-state index < -0.39 is 99.8 Å². The standard InChI is InChI=1S/C29H22F6O10S/c30-28(31,32)27(29(33,34)35,10-46(39,40)41)45-26(38)19-18-20-23(44-25(18)37)22(21(19)42-20)43-24(36)16-9-15-11-5-1-3-7-13(11)17(16)14-8-4-2-6-12(14)15/h1-8,15-23H,9-10H2,(H,39,40,41)/p-1. The van der Waals surface area contributed by atoms with Gasteiger partial charge in [-0.3, -0.25) is 14.4 Å². The first kappa shape index (κ1) is 30.9. The van der Waals surface area contributed by atoms with Crippen molar-refractivity contribution in [2.45, 2.75) is 60.6 Å². The summed E-state index contributed by atoms with van der Waals surface area (Å²) in [6, 6.07) is 15.0. The first-order valence-electron chi connectivity index (χ1n) is 14.0. The Morgan fingerprint density at radius 2 is 1.39 bits per heavy atom. The van der Waals surface area contributed by atoms with Crippen LogP contribution in [-0.2, 0) is 43.4 Å². The van der Waals surface area contributed by atoms with Crippen LogP contribution in [0, 0.1) is 17.8 Å². The number of hydrogen-bond acceptors (Lipinski definition) is 10. The molecule has 0 amide bonds. The molecule has 2 aromatic carbocycles. The Hall–Kier alpha value is -3.70. The van der Waals surface area contributed by atoms with Crippen LogP contribution in [0.2, 0.25) is 0 Å². The van der Waals surface area contributed by atoms with Gasteiger partial charge in [0.15, 0.2) is 12.2 Å². The second-order valence-electron chi connectivity index (χ2n) is 12.0. The summed E-state index contributed by atoms with van der Waals surface area (Å²) in [5.41, 5.74) is -1.96. The van der Waals surface area contributed by atoms with E-state index in [2.05, 4.69) is 4.74 Å². The lowest BCUT2D eigenvalue weighted by Gasteiger charge is -2.44. The van der Waals surface area contributed by atoms with E-state index in [9.17, 15) is 53.7 Å². The highest BCUT2D eigenvalue weighted by molar-refractivity contribution is 7.85. The fraction of sp³-hybridized carbons (Fsp3) is 0.483. The van der Waals surface area contributed by atoms with Crippen LogP contribution >= 0.6 is 0 Å². The fourth-order valence-electron chi connectivity index (χ4n) is 7.79. The van der Waals surface area contributed by atoms with Crippen LogP contribution in [0.25, 0.3) is 0 Å². The number of carbonyl (C=O) groups is 3. The van der Waals surface area contributed by atoms with Crippen molar-refractivity contribution in [3.63, 3.8) is 0 Å². The average Bonchev–Trinajstić information content (AvgIpc) is 3.59. The van der Waals surface area contributed by atoms with Gasteiger partial charge in [-0.15, -0.1) is 0 Å². The number of halogens is 6. The van der Waals surface area contributed by atoms with E-state index in [0.29, 0.717) is 6.42 Å². The lowest BCUT2D eigenvalue weighted by Crippen LogP contribution is -2.64. The van der Waals surface area contributed by atoms with Crippen molar-refractivity contribution in [2.24, 2.45) is 17.8 Å². The minimum absolute atomic E-state index is 0.183. The Balaban J connectivity index is 1.19. The minimum Gasteiger partial charge on any atom is -0.748 e. The molecule has 0 N–H and O–H groups in total. The predicted molar refractivity (Wildman–Crippen MR) is 136 cm³/mol. The number of esters is 3. The molecule has 17 heteroatoms. The van der Waals surface area contributed by atoms with E-state index in [0.717, 1.165) is 22.3 Å². The fourth-order valence-corrected chi connectivity index (χ4v) is 8.67. The Kier molecular flexibility index (Phi) is 6.66. The lowest BCUT2D eigenvalue weighted by molar-refractivity contribution is -0.362. The zero-order chi connectivity index (χ0) is 33.1. The van der Waals surface area contributed by atoms with Crippen molar-refractivity contribution in [3.05, 3.63) is 70.8 Å². The number of fused-ring (bicyclic) bond motifs is 2. The Morgan fingerprint density at radius 3 is 1.91 bits per heavy atom. The quantitative estimate of drug-likeness (QED) is 0.194. The monoisotopic (exact) mass is 675 g/mol. The van der Waals surface area contributed by atoms with Crippen molar-refractivity contribution in [1.82, 2.24) is 0 Å². The van der Waals surface area contributed by atoms with Crippen molar-refractivity contribution in [3.8, 4) is 0 Å². The predicted octanol–water partition coefficient (Wildman–Crippen LogP) is 3.09. The first-order valence-corrected chi connectivity index (χ1v) is 15.6. The van der Waals surface area contributed by atoms with Crippen molar-refractivity contribution in [1.29, 1.82) is 0 Å². The van der Waals surface area contributed by atoms with Crippen LogP contribution < -0.4 is 0 Å². The summed E-state index contributed by atoms with van der Waals surface area (Å²) in [6.45, 7) is 0. The number of rotatable bonds is 6. The summed E-state index contributed by atoms with van der Waals surface area (Å²) in [7, 11) is -6.29. The maximum absolute atomic E-state index is 13.8. The normalized spacial score (nSPS) is 32.5. The highest BCUT2D eigenvalue weighted by Gasteiger charge is 2.78. The summed E-state index contributed by atoms with van der Waals surface area (Å²) in [5.74, 6) is -12.9. The molecular formula is C29H21F6O10S-. The summed E-state index contributed by atoms with van der Waals surface area (Å²) in [5, 5.41) is 0. The molecule has 3 fully saturated rings.